The second kappa shape index (κ2) is 8.19. The average Bonchev–Trinajstić information content (AvgIpc) is 2.58. The number of halogens is 3. The lowest BCUT2D eigenvalue weighted by atomic mass is 10.2. The van der Waals surface area contributed by atoms with Crippen LogP contribution in [0.2, 0.25) is 0 Å². The fourth-order valence-corrected chi connectivity index (χ4v) is 2.94. The van der Waals surface area contributed by atoms with Crippen LogP contribution in [0, 0.1) is 0 Å². The van der Waals surface area contributed by atoms with E-state index < -0.39 is 12.1 Å². The van der Waals surface area contributed by atoms with Crippen LogP contribution in [0.15, 0.2) is 53.7 Å². The number of pyridine rings is 1. The van der Waals surface area contributed by atoms with Gasteiger partial charge < -0.3 is 0 Å². The van der Waals surface area contributed by atoms with Crippen molar-refractivity contribution < 1.29 is 18.0 Å². The third kappa shape index (κ3) is 4.74. The first-order chi connectivity index (χ1) is 11.4. The first-order valence-corrected chi connectivity index (χ1v) is 8.42. The minimum Gasteiger partial charge on any atom is -0.298 e. The monoisotopic (exact) mass is 354 g/mol. The molecule has 128 valence electrons. The lowest BCUT2D eigenvalue weighted by Crippen LogP contribution is -2.41. The van der Waals surface area contributed by atoms with Crippen molar-refractivity contribution in [2.24, 2.45) is 0 Å². The van der Waals surface area contributed by atoms with Crippen molar-refractivity contribution in [2.45, 2.75) is 31.1 Å². The van der Waals surface area contributed by atoms with E-state index in [-0.39, 0.29) is 12.2 Å². The maximum Gasteiger partial charge on any atom is 0.471 e. The minimum atomic E-state index is -4.95. The first-order valence-electron chi connectivity index (χ1n) is 7.44. The minimum absolute atomic E-state index is 0.162. The maximum absolute atomic E-state index is 13.1. The number of anilines is 1. The summed E-state index contributed by atoms with van der Waals surface area (Å²) in [5, 5.41) is 0.424. The molecule has 24 heavy (non-hydrogen) atoms. The van der Waals surface area contributed by atoms with Gasteiger partial charge in [-0.15, -0.1) is 11.8 Å². The molecule has 0 spiro atoms. The SMILES string of the molecule is CCCSc1ncccc1N(Cc1ccccc1)C(=O)C(F)(F)F. The molecule has 0 fully saturated rings. The Balaban J connectivity index is 2.41. The smallest absolute Gasteiger partial charge is 0.298 e. The summed E-state index contributed by atoms with van der Waals surface area (Å²) in [5.74, 6) is -1.18. The van der Waals surface area contributed by atoms with Crippen molar-refractivity contribution in [2.75, 3.05) is 10.7 Å². The Morgan fingerprint density at radius 3 is 2.50 bits per heavy atom. The molecule has 1 aromatic heterocycles. The maximum atomic E-state index is 13.1. The van der Waals surface area contributed by atoms with E-state index in [1.807, 2.05) is 6.92 Å². The molecule has 0 atom stereocenters. The number of thioether (sulfide) groups is 1. The van der Waals surface area contributed by atoms with E-state index in [0.29, 0.717) is 16.3 Å². The summed E-state index contributed by atoms with van der Waals surface area (Å²) in [6, 6.07) is 11.6. The summed E-state index contributed by atoms with van der Waals surface area (Å²) in [7, 11) is 0. The van der Waals surface area contributed by atoms with Crippen LogP contribution in [0.3, 0.4) is 0 Å². The van der Waals surface area contributed by atoms with Crippen molar-refractivity contribution in [1.29, 1.82) is 0 Å². The second-order valence-corrected chi connectivity index (χ2v) is 6.13. The number of rotatable bonds is 6. The van der Waals surface area contributed by atoms with E-state index in [0.717, 1.165) is 11.3 Å². The Morgan fingerprint density at radius 1 is 1.17 bits per heavy atom. The zero-order valence-electron chi connectivity index (χ0n) is 13.1. The fraction of sp³-hybridized carbons (Fsp3) is 0.294. The molecule has 0 saturated carbocycles. The molecule has 1 aromatic carbocycles. The van der Waals surface area contributed by atoms with Gasteiger partial charge >= 0.3 is 12.1 Å². The number of hydrogen-bond acceptors (Lipinski definition) is 3. The molecular formula is C17H17F3N2OS. The number of hydrogen-bond donors (Lipinski definition) is 0. The van der Waals surface area contributed by atoms with E-state index in [1.54, 1.807) is 30.3 Å². The highest BCUT2D eigenvalue weighted by Crippen LogP contribution is 2.32. The standard InChI is InChI=1S/C17H17F3N2OS/c1-2-11-24-15-14(9-6-10-21-15)22(16(23)17(18,19)20)12-13-7-4-3-5-8-13/h3-10H,2,11-12H2,1H3. The van der Waals surface area contributed by atoms with Crippen LogP contribution in [-0.2, 0) is 11.3 Å². The van der Waals surface area contributed by atoms with Crippen LogP contribution in [-0.4, -0.2) is 22.8 Å². The molecule has 1 heterocycles. The van der Waals surface area contributed by atoms with Crippen LogP contribution in [0.25, 0.3) is 0 Å². The molecule has 0 radical (unpaired) electrons. The number of amides is 1. The molecule has 0 unspecified atom stereocenters. The summed E-state index contributed by atoms with van der Waals surface area (Å²) in [6.07, 6.45) is -2.58. The summed E-state index contributed by atoms with van der Waals surface area (Å²) in [5.41, 5.74) is 0.799. The van der Waals surface area contributed by atoms with E-state index in [2.05, 4.69) is 4.98 Å². The van der Waals surface area contributed by atoms with Crippen molar-refractivity contribution in [3.05, 3.63) is 54.2 Å². The third-order valence-corrected chi connectivity index (χ3v) is 4.36. The highest BCUT2D eigenvalue weighted by atomic mass is 32.2. The summed E-state index contributed by atoms with van der Waals surface area (Å²) in [6.45, 7) is 1.81. The number of nitrogens with zero attached hydrogens (tertiary/aromatic N) is 2. The Morgan fingerprint density at radius 2 is 1.88 bits per heavy atom. The quantitative estimate of drug-likeness (QED) is 0.706. The Labute approximate surface area is 142 Å². The second-order valence-electron chi connectivity index (χ2n) is 5.05. The Hall–Kier alpha value is -2.02. The van der Waals surface area contributed by atoms with Crippen LogP contribution < -0.4 is 4.90 Å². The van der Waals surface area contributed by atoms with Gasteiger partial charge in [-0.05, 0) is 29.9 Å². The normalized spacial score (nSPS) is 11.3. The summed E-state index contributed by atoms with van der Waals surface area (Å²) >= 11 is 1.34. The molecule has 0 saturated heterocycles. The largest absolute Gasteiger partial charge is 0.471 e. The Bertz CT molecular complexity index is 677. The van der Waals surface area contributed by atoms with Gasteiger partial charge in [-0.3, -0.25) is 9.69 Å². The number of carbonyl (C=O) groups is 1. The number of alkyl halides is 3. The van der Waals surface area contributed by atoms with E-state index >= 15 is 0 Å². The molecule has 1 amide bonds. The molecule has 0 aliphatic heterocycles. The van der Waals surface area contributed by atoms with Crippen molar-refractivity contribution in [3.63, 3.8) is 0 Å². The zero-order valence-corrected chi connectivity index (χ0v) is 13.9. The first kappa shape index (κ1) is 18.3. The number of carbonyl (C=O) groups excluding carboxylic acids is 1. The lowest BCUT2D eigenvalue weighted by molar-refractivity contribution is -0.170. The summed E-state index contributed by atoms with van der Waals surface area (Å²) < 4.78 is 39.2. The molecule has 0 aliphatic rings. The molecule has 2 aromatic rings. The highest BCUT2D eigenvalue weighted by molar-refractivity contribution is 7.99. The summed E-state index contributed by atoms with van der Waals surface area (Å²) in [4.78, 5) is 16.9. The molecule has 0 aliphatic carbocycles. The van der Waals surface area contributed by atoms with Crippen molar-refractivity contribution >= 4 is 23.4 Å². The van der Waals surface area contributed by atoms with Crippen LogP contribution in [0.4, 0.5) is 18.9 Å². The van der Waals surface area contributed by atoms with E-state index in [1.165, 1.54) is 30.1 Å². The fourth-order valence-electron chi connectivity index (χ4n) is 2.08. The lowest BCUT2D eigenvalue weighted by Gasteiger charge is -2.25. The topological polar surface area (TPSA) is 33.2 Å². The molecule has 3 nitrogen and oxygen atoms in total. The average molecular weight is 354 g/mol. The Kier molecular flexibility index (Phi) is 6.25. The molecule has 7 heteroatoms. The van der Waals surface area contributed by atoms with Crippen LogP contribution in [0.5, 0.6) is 0 Å². The van der Waals surface area contributed by atoms with Gasteiger partial charge in [0.2, 0.25) is 0 Å². The van der Waals surface area contributed by atoms with E-state index in [9.17, 15) is 18.0 Å². The highest BCUT2D eigenvalue weighted by Gasteiger charge is 2.43. The van der Waals surface area contributed by atoms with Crippen LogP contribution in [0.1, 0.15) is 18.9 Å². The zero-order chi connectivity index (χ0) is 17.6. The van der Waals surface area contributed by atoms with Crippen LogP contribution >= 0.6 is 11.8 Å². The van der Waals surface area contributed by atoms with Gasteiger partial charge in [0, 0.05) is 6.20 Å². The predicted molar refractivity (Wildman–Crippen MR) is 88.9 cm³/mol. The van der Waals surface area contributed by atoms with Gasteiger partial charge in [0.1, 0.15) is 5.03 Å². The van der Waals surface area contributed by atoms with Gasteiger partial charge in [-0.2, -0.15) is 13.2 Å². The third-order valence-electron chi connectivity index (χ3n) is 3.16. The van der Waals surface area contributed by atoms with E-state index in [4.69, 9.17) is 0 Å². The van der Waals surface area contributed by atoms with Crippen molar-refractivity contribution in [1.82, 2.24) is 4.98 Å². The van der Waals surface area contributed by atoms with Crippen molar-refractivity contribution in [3.8, 4) is 0 Å². The number of benzene rings is 1. The van der Waals surface area contributed by atoms with Gasteiger partial charge in [0.15, 0.2) is 0 Å². The predicted octanol–water partition coefficient (Wildman–Crippen LogP) is 4.68. The molecular weight excluding hydrogens is 337 g/mol. The number of aromatic nitrogens is 1. The van der Waals surface area contributed by atoms with Gasteiger partial charge in [-0.25, -0.2) is 4.98 Å². The molecule has 0 N–H and O–H groups in total. The van der Waals surface area contributed by atoms with Gasteiger partial charge in [-0.1, -0.05) is 37.3 Å². The molecule has 2 rings (SSSR count). The van der Waals surface area contributed by atoms with Gasteiger partial charge in [0.25, 0.3) is 0 Å². The molecule has 0 bridgehead atoms. The van der Waals surface area contributed by atoms with Gasteiger partial charge in [0.05, 0.1) is 12.2 Å².